The van der Waals surface area contributed by atoms with Gasteiger partial charge in [0.25, 0.3) is 10.1 Å². The van der Waals surface area contributed by atoms with Crippen LogP contribution in [0.4, 0.5) is 13.2 Å². The molecule has 0 spiro atoms. The number of aryl methyl sites for hydroxylation is 1. The Hall–Kier alpha value is -1.90. The maximum absolute atomic E-state index is 12.7. The van der Waals surface area contributed by atoms with Crippen LogP contribution in [0.3, 0.4) is 0 Å². The first kappa shape index (κ1) is 20.8. The van der Waals surface area contributed by atoms with Gasteiger partial charge >= 0.3 is 6.18 Å². The lowest BCUT2D eigenvalue weighted by atomic mass is 9.92. The molecule has 2 aromatic carbocycles. The van der Waals surface area contributed by atoms with E-state index in [9.17, 15) is 21.6 Å². The Balaban J connectivity index is 1.64. The topological polar surface area (TPSA) is 52.6 Å². The second-order valence-electron chi connectivity index (χ2n) is 7.14. The molecule has 152 valence electrons. The highest BCUT2D eigenvalue weighted by Crippen LogP contribution is 2.40. The van der Waals surface area contributed by atoms with E-state index < -0.39 is 33.6 Å². The molecule has 1 aliphatic heterocycles. The van der Waals surface area contributed by atoms with Gasteiger partial charge in [-0.25, -0.2) is 0 Å². The predicted molar refractivity (Wildman–Crippen MR) is 97.2 cm³/mol. The summed E-state index contributed by atoms with van der Waals surface area (Å²) in [5.41, 5.74) is 0.0443. The molecule has 2 aromatic rings. The third-order valence-corrected chi connectivity index (χ3v) is 6.21. The quantitative estimate of drug-likeness (QED) is 0.659. The summed E-state index contributed by atoms with van der Waals surface area (Å²) in [5, 5.41) is 0. The van der Waals surface area contributed by atoms with E-state index in [2.05, 4.69) is 0 Å². The van der Waals surface area contributed by atoms with Gasteiger partial charge in [0, 0.05) is 0 Å². The van der Waals surface area contributed by atoms with Crippen molar-refractivity contribution in [1.82, 2.24) is 0 Å². The van der Waals surface area contributed by atoms with E-state index in [1.807, 2.05) is 6.92 Å². The molecule has 1 heterocycles. The van der Waals surface area contributed by atoms with E-state index in [0.29, 0.717) is 18.4 Å². The highest BCUT2D eigenvalue weighted by atomic mass is 32.2. The van der Waals surface area contributed by atoms with Crippen molar-refractivity contribution in [3.05, 3.63) is 65.2 Å². The van der Waals surface area contributed by atoms with Gasteiger partial charge in [-0.1, -0.05) is 29.8 Å². The monoisotopic (exact) mass is 414 g/mol. The molecule has 0 unspecified atom stereocenters. The third kappa shape index (κ3) is 4.56. The smallest absolute Gasteiger partial charge is 0.365 e. The fourth-order valence-electron chi connectivity index (χ4n) is 3.20. The zero-order chi connectivity index (χ0) is 20.6. The van der Waals surface area contributed by atoms with Gasteiger partial charge in [-0.2, -0.15) is 21.6 Å². The molecule has 0 aliphatic carbocycles. The number of halogens is 3. The summed E-state index contributed by atoms with van der Waals surface area (Å²) < 4.78 is 73.8. The van der Waals surface area contributed by atoms with Gasteiger partial charge in [-0.3, -0.25) is 4.18 Å². The fraction of sp³-hybridized carbons (Fsp3) is 0.400. The van der Waals surface area contributed by atoms with Crippen molar-refractivity contribution in [2.24, 2.45) is 0 Å². The maximum Gasteiger partial charge on any atom is 0.416 e. The van der Waals surface area contributed by atoms with E-state index in [0.717, 1.165) is 17.7 Å². The predicted octanol–water partition coefficient (Wildman–Crippen LogP) is 4.81. The van der Waals surface area contributed by atoms with Crippen LogP contribution >= 0.6 is 0 Å². The molecule has 28 heavy (non-hydrogen) atoms. The minimum Gasteiger partial charge on any atom is -0.365 e. The molecule has 1 saturated heterocycles. The van der Waals surface area contributed by atoms with Crippen LogP contribution in [0, 0.1) is 6.92 Å². The van der Waals surface area contributed by atoms with Crippen LogP contribution in [0.5, 0.6) is 0 Å². The van der Waals surface area contributed by atoms with Gasteiger partial charge in [-0.05, 0) is 56.5 Å². The standard InChI is InChI=1S/C20H21F3O4S/c1-14-3-9-18(10-4-14)28(24,25)26-13-17-11-12-19(2,27-17)15-5-7-16(8-6-15)20(21,22)23/h3-10,17H,11-13H2,1-2H3/t17-,19-/m1/s1. The Kier molecular flexibility index (Phi) is 5.58. The van der Waals surface area contributed by atoms with Gasteiger partial charge < -0.3 is 4.74 Å². The summed E-state index contributed by atoms with van der Waals surface area (Å²) in [5.74, 6) is 0. The van der Waals surface area contributed by atoms with Crippen molar-refractivity contribution >= 4 is 10.1 Å². The minimum absolute atomic E-state index is 0.0709. The lowest BCUT2D eigenvalue weighted by Crippen LogP contribution is -2.25. The van der Waals surface area contributed by atoms with Crippen molar-refractivity contribution in [2.45, 2.75) is 49.5 Å². The molecule has 1 aliphatic rings. The maximum atomic E-state index is 12.7. The summed E-state index contributed by atoms with van der Waals surface area (Å²) in [7, 11) is -3.89. The molecule has 8 heteroatoms. The van der Waals surface area contributed by atoms with E-state index in [1.165, 1.54) is 24.3 Å². The van der Waals surface area contributed by atoms with E-state index in [1.54, 1.807) is 19.1 Å². The van der Waals surface area contributed by atoms with Gasteiger partial charge in [0.15, 0.2) is 0 Å². The first-order valence-corrected chi connectivity index (χ1v) is 10.2. The zero-order valence-electron chi connectivity index (χ0n) is 15.5. The second kappa shape index (κ2) is 7.50. The lowest BCUT2D eigenvalue weighted by molar-refractivity contribution is -0.137. The van der Waals surface area contributed by atoms with Crippen LogP contribution < -0.4 is 0 Å². The molecule has 0 N–H and O–H groups in total. The van der Waals surface area contributed by atoms with Crippen LogP contribution in [0.1, 0.15) is 36.5 Å². The highest BCUT2D eigenvalue weighted by molar-refractivity contribution is 7.86. The number of rotatable bonds is 5. The number of ether oxygens (including phenoxy) is 1. The molecular weight excluding hydrogens is 393 g/mol. The summed E-state index contributed by atoms with van der Waals surface area (Å²) >= 11 is 0. The number of hydrogen-bond acceptors (Lipinski definition) is 4. The summed E-state index contributed by atoms with van der Waals surface area (Å²) in [4.78, 5) is 0.0709. The average molecular weight is 414 g/mol. The van der Waals surface area contributed by atoms with E-state index in [-0.39, 0.29) is 11.5 Å². The third-order valence-electron chi connectivity index (χ3n) is 4.91. The first-order chi connectivity index (χ1) is 13.0. The Bertz CT molecular complexity index is 921. The molecular formula is C20H21F3O4S. The number of alkyl halides is 3. The molecule has 4 nitrogen and oxygen atoms in total. The van der Waals surface area contributed by atoms with Crippen molar-refractivity contribution in [1.29, 1.82) is 0 Å². The molecule has 0 amide bonds. The van der Waals surface area contributed by atoms with Gasteiger partial charge in [-0.15, -0.1) is 0 Å². The second-order valence-corrected chi connectivity index (χ2v) is 8.75. The SMILES string of the molecule is Cc1ccc(S(=O)(=O)OC[C@H]2CC[C@](C)(c3ccc(C(F)(F)F)cc3)O2)cc1. The molecule has 2 atom stereocenters. The van der Waals surface area contributed by atoms with Crippen LogP contribution in [0.2, 0.25) is 0 Å². The molecule has 0 saturated carbocycles. The Labute approximate surface area is 162 Å². The molecule has 0 aromatic heterocycles. The normalized spacial score (nSPS) is 23.1. The van der Waals surface area contributed by atoms with Crippen LogP contribution in [-0.4, -0.2) is 21.1 Å². The van der Waals surface area contributed by atoms with Crippen molar-refractivity contribution in [3.8, 4) is 0 Å². The van der Waals surface area contributed by atoms with E-state index >= 15 is 0 Å². The average Bonchev–Trinajstić information content (AvgIpc) is 3.03. The van der Waals surface area contributed by atoms with Crippen molar-refractivity contribution in [3.63, 3.8) is 0 Å². The molecule has 0 bridgehead atoms. The van der Waals surface area contributed by atoms with Gasteiger partial charge in [0.05, 0.1) is 28.8 Å². The largest absolute Gasteiger partial charge is 0.416 e. The summed E-state index contributed by atoms with van der Waals surface area (Å²) in [6, 6.07) is 11.2. The van der Waals surface area contributed by atoms with E-state index in [4.69, 9.17) is 8.92 Å². The Morgan fingerprint density at radius 3 is 2.29 bits per heavy atom. The summed E-state index contributed by atoms with van der Waals surface area (Å²) in [6.07, 6.45) is -3.76. The minimum atomic E-state index is -4.39. The fourth-order valence-corrected chi connectivity index (χ4v) is 4.14. The van der Waals surface area contributed by atoms with Crippen molar-refractivity contribution in [2.75, 3.05) is 6.61 Å². The van der Waals surface area contributed by atoms with Crippen LogP contribution in [-0.2, 0) is 30.8 Å². The highest BCUT2D eigenvalue weighted by Gasteiger charge is 2.39. The lowest BCUT2D eigenvalue weighted by Gasteiger charge is -2.26. The van der Waals surface area contributed by atoms with Crippen LogP contribution in [0.15, 0.2) is 53.4 Å². The summed E-state index contributed by atoms with van der Waals surface area (Å²) in [6.45, 7) is 3.49. The van der Waals surface area contributed by atoms with Gasteiger partial charge in [0.1, 0.15) is 0 Å². The van der Waals surface area contributed by atoms with Gasteiger partial charge in [0.2, 0.25) is 0 Å². The number of benzene rings is 2. The number of hydrogen-bond donors (Lipinski definition) is 0. The van der Waals surface area contributed by atoms with Crippen LogP contribution in [0.25, 0.3) is 0 Å². The molecule has 1 fully saturated rings. The first-order valence-electron chi connectivity index (χ1n) is 8.81. The Morgan fingerprint density at radius 2 is 1.71 bits per heavy atom. The van der Waals surface area contributed by atoms with Crippen molar-refractivity contribution < 1.29 is 30.5 Å². The molecule has 3 rings (SSSR count). The Morgan fingerprint density at radius 1 is 1.11 bits per heavy atom. The molecule has 0 radical (unpaired) electrons. The zero-order valence-corrected chi connectivity index (χ0v) is 16.3.